The highest BCUT2D eigenvalue weighted by atomic mass is 16.5. The monoisotopic (exact) mass is 277 g/mol. The molecular formula is C15H23N3O2. The molecule has 5 heteroatoms. The molecule has 1 heterocycles. The SMILES string of the molecule is CCCCNC(N)=NCc1ccc2c(c1)OCCCO2. The van der Waals surface area contributed by atoms with Gasteiger partial charge < -0.3 is 20.5 Å². The third-order valence-corrected chi connectivity index (χ3v) is 3.08. The molecule has 0 unspecified atom stereocenters. The summed E-state index contributed by atoms with van der Waals surface area (Å²) in [6, 6.07) is 5.91. The van der Waals surface area contributed by atoms with Crippen LogP contribution in [0.15, 0.2) is 23.2 Å². The van der Waals surface area contributed by atoms with Gasteiger partial charge in [0.05, 0.1) is 19.8 Å². The van der Waals surface area contributed by atoms with Crippen molar-refractivity contribution in [2.24, 2.45) is 10.7 Å². The van der Waals surface area contributed by atoms with E-state index in [1.54, 1.807) is 0 Å². The Morgan fingerprint density at radius 3 is 2.90 bits per heavy atom. The largest absolute Gasteiger partial charge is 0.490 e. The average Bonchev–Trinajstić information content (AvgIpc) is 2.70. The molecule has 3 N–H and O–H groups in total. The van der Waals surface area contributed by atoms with E-state index in [-0.39, 0.29) is 0 Å². The lowest BCUT2D eigenvalue weighted by Crippen LogP contribution is -2.32. The van der Waals surface area contributed by atoms with Crippen molar-refractivity contribution in [3.05, 3.63) is 23.8 Å². The van der Waals surface area contributed by atoms with Crippen LogP contribution < -0.4 is 20.5 Å². The molecule has 1 aromatic rings. The van der Waals surface area contributed by atoms with Crippen molar-refractivity contribution in [1.82, 2.24) is 5.32 Å². The Morgan fingerprint density at radius 2 is 2.10 bits per heavy atom. The van der Waals surface area contributed by atoms with E-state index in [4.69, 9.17) is 15.2 Å². The Hall–Kier alpha value is -1.91. The second-order valence-corrected chi connectivity index (χ2v) is 4.81. The lowest BCUT2D eigenvalue weighted by atomic mass is 10.2. The Bertz CT molecular complexity index is 460. The van der Waals surface area contributed by atoms with Gasteiger partial charge in [-0.05, 0) is 24.1 Å². The topological polar surface area (TPSA) is 68.9 Å². The highest BCUT2D eigenvalue weighted by Gasteiger charge is 2.10. The molecule has 0 atom stereocenters. The molecule has 0 saturated heterocycles. The van der Waals surface area contributed by atoms with E-state index in [0.29, 0.717) is 25.7 Å². The molecule has 1 aromatic carbocycles. The number of nitrogens with two attached hydrogens (primary N) is 1. The number of ether oxygens (including phenoxy) is 2. The van der Waals surface area contributed by atoms with E-state index in [1.165, 1.54) is 0 Å². The van der Waals surface area contributed by atoms with Crippen LogP contribution in [0.4, 0.5) is 0 Å². The minimum atomic E-state index is 0.491. The van der Waals surface area contributed by atoms with Gasteiger partial charge in [-0.25, -0.2) is 4.99 Å². The van der Waals surface area contributed by atoms with Crippen molar-refractivity contribution in [1.29, 1.82) is 0 Å². The highest BCUT2D eigenvalue weighted by Crippen LogP contribution is 2.30. The van der Waals surface area contributed by atoms with Gasteiger partial charge in [-0.1, -0.05) is 19.4 Å². The Kier molecular flexibility index (Phi) is 5.53. The summed E-state index contributed by atoms with van der Waals surface area (Å²) >= 11 is 0. The normalized spacial score (nSPS) is 14.8. The van der Waals surface area contributed by atoms with Crippen LogP contribution in [-0.2, 0) is 6.54 Å². The van der Waals surface area contributed by atoms with Crippen LogP contribution in [0.2, 0.25) is 0 Å². The molecule has 0 fully saturated rings. The standard InChI is InChI=1S/C15H23N3O2/c1-2-3-7-17-15(16)18-11-12-5-6-13-14(10-12)20-9-4-8-19-13/h5-6,10H,2-4,7-9,11H2,1H3,(H3,16,17,18). The predicted octanol–water partition coefficient (Wildman–Crippen LogP) is 2.05. The zero-order valence-corrected chi connectivity index (χ0v) is 12.0. The molecule has 5 nitrogen and oxygen atoms in total. The number of hydrogen-bond donors (Lipinski definition) is 2. The molecule has 1 aliphatic heterocycles. The maximum Gasteiger partial charge on any atom is 0.188 e. The minimum Gasteiger partial charge on any atom is -0.490 e. The summed E-state index contributed by atoms with van der Waals surface area (Å²) in [5.74, 6) is 2.10. The Balaban J connectivity index is 1.93. The fraction of sp³-hybridized carbons (Fsp3) is 0.533. The van der Waals surface area contributed by atoms with Gasteiger partial charge >= 0.3 is 0 Å². The summed E-state index contributed by atoms with van der Waals surface area (Å²) < 4.78 is 11.3. The molecular weight excluding hydrogens is 254 g/mol. The number of benzene rings is 1. The maximum atomic E-state index is 5.81. The van der Waals surface area contributed by atoms with Gasteiger partial charge in [0, 0.05) is 13.0 Å². The van der Waals surface area contributed by atoms with Crippen LogP contribution in [0.25, 0.3) is 0 Å². The predicted molar refractivity (Wildman–Crippen MR) is 80.3 cm³/mol. The first-order chi connectivity index (χ1) is 9.79. The first-order valence-electron chi connectivity index (χ1n) is 7.22. The van der Waals surface area contributed by atoms with Crippen LogP contribution in [0.1, 0.15) is 31.7 Å². The van der Waals surface area contributed by atoms with Gasteiger partial charge in [0.2, 0.25) is 0 Å². The van der Waals surface area contributed by atoms with Crippen molar-refractivity contribution in [3.63, 3.8) is 0 Å². The third kappa shape index (κ3) is 4.33. The number of fused-ring (bicyclic) bond motifs is 1. The number of aliphatic imine (C=N–C) groups is 1. The molecule has 1 aliphatic rings. The molecule has 0 aliphatic carbocycles. The van der Waals surface area contributed by atoms with E-state index < -0.39 is 0 Å². The van der Waals surface area contributed by atoms with Crippen molar-refractivity contribution >= 4 is 5.96 Å². The summed E-state index contributed by atoms with van der Waals surface area (Å²) in [5, 5.41) is 3.10. The second-order valence-electron chi connectivity index (χ2n) is 4.81. The van der Waals surface area contributed by atoms with Gasteiger partial charge in [0.25, 0.3) is 0 Å². The quantitative estimate of drug-likeness (QED) is 0.491. The molecule has 110 valence electrons. The van der Waals surface area contributed by atoms with Crippen LogP contribution in [0, 0.1) is 0 Å². The number of rotatable bonds is 5. The number of hydrogen-bond acceptors (Lipinski definition) is 3. The molecule has 0 amide bonds. The van der Waals surface area contributed by atoms with Crippen molar-refractivity contribution in [2.45, 2.75) is 32.7 Å². The fourth-order valence-electron chi connectivity index (χ4n) is 1.93. The summed E-state index contributed by atoms with van der Waals surface area (Å²) in [5.41, 5.74) is 6.87. The van der Waals surface area contributed by atoms with Crippen molar-refractivity contribution < 1.29 is 9.47 Å². The summed E-state index contributed by atoms with van der Waals surface area (Å²) in [4.78, 5) is 4.33. The molecule has 0 saturated carbocycles. The van der Waals surface area contributed by atoms with Gasteiger partial charge in [0.1, 0.15) is 0 Å². The van der Waals surface area contributed by atoms with Gasteiger partial charge in [-0.15, -0.1) is 0 Å². The molecule has 20 heavy (non-hydrogen) atoms. The van der Waals surface area contributed by atoms with E-state index in [9.17, 15) is 0 Å². The Labute approximate surface area is 120 Å². The smallest absolute Gasteiger partial charge is 0.188 e. The van der Waals surface area contributed by atoms with Gasteiger partial charge in [0.15, 0.2) is 17.5 Å². The second kappa shape index (κ2) is 7.62. The van der Waals surface area contributed by atoms with E-state index in [0.717, 1.165) is 42.9 Å². The highest BCUT2D eigenvalue weighted by molar-refractivity contribution is 5.77. The number of nitrogens with one attached hydrogen (secondary N) is 1. The van der Waals surface area contributed by atoms with Crippen molar-refractivity contribution in [2.75, 3.05) is 19.8 Å². The molecule has 2 rings (SSSR count). The fourth-order valence-corrected chi connectivity index (χ4v) is 1.93. The average molecular weight is 277 g/mol. The van der Waals surface area contributed by atoms with Crippen LogP contribution >= 0.6 is 0 Å². The molecule has 0 aromatic heterocycles. The zero-order chi connectivity index (χ0) is 14.2. The molecule has 0 radical (unpaired) electrons. The summed E-state index contributed by atoms with van der Waals surface area (Å²) in [7, 11) is 0. The summed E-state index contributed by atoms with van der Waals surface area (Å²) in [6.07, 6.45) is 3.15. The maximum absolute atomic E-state index is 5.81. The summed E-state index contributed by atoms with van der Waals surface area (Å²) in [6.45, 7) is 4.96. The number of guanidine groups is 1. The lowest BCUT2D eigenvalue weighted by Gasteiger charge is -2.09. The third-order valence-electron chi connectivity index (χ3n) is 3.08. The first kappa shape index (κ1) is 14.5. The lowest BCUT2D eigenvalue weighted by molar-refractivity contribution is 0.297. The van der Waals surface area contributed by atoms with Crippen LogP contribution in [-0.4, -0.2) is 25.7 Å². The van der Waals surface area contributed by atoms with Crippen molar-refractivity contribution in [3.8, 4) is 11.5 Å². The number of unbranched alkanes of at least 4 members (excludes halogenated alkanes) is 1. The Morgan fingerprint density at radius 1 is 1.30 bits per heavy atom. The van der Waals surface area contributed by atoms with E-state index >= 15 is 0 Å². The molecule has 0 bridgehead atoms. The van der Waals surface area contributed by atoms with E-state index in [2.05, 4.69) is 17.2 Å². The van der Waals surface area contributed by atoms with Gasteiger partial charge in [-0.3, -0.25) is 0 Å². The van der Waals surface area contributed by atoms with Crippen LogP contribution in [0.5, 0.6) is 11.5 Å². The number of nitrogens with zero attached hydrogens (tertiary/aromatic N) is 1. The first-order valence-corrected chi connectivity index (χ1v) is 7.22. The van der Waals surface area contributed by atoms with Gasteiger partial charge in [-0.2, -0.15) is 0 Å². The minimum absolute atomic E-state index is 0.491. The van der Waals surface area contributed by atoms with Crippen LogP contribution in [0.3, 0.4) is 0 Å². The van der Waals surface area contributed by atoms with E-state index in [1.807, 2.05) is 18.2 Å². The zero-order valence-electron chi connectivity index (χ0n) is 12.0. The molecule has 0 spiro atoms.